The van der Waals surface area contributed by atoms with Crippen LogP contribution in [0.15, 0.2) is 18.2 Å². The summed E-state index contributed by atoms with van der Waals surface area (Å²) >= 11 is 5.90. The molecule has 1 amide bonds. The number of rotatable bonds is 5. The maximum Gasteiger partial charge on any atom is 0.238 e. The molecule has 0 bridgehead atoms. The zero-order valence-corrected chi connectivity index (χ0v) is 15.0. The molecule has 0 aliphatic heterocycles. The smallest absolute Gasteiger partial charge is 0.238 e. The summed E-state index contributed by atoms with van der Waals surface area (Å²) in [5.74, 6) is -0.403. The van der Waals surface area contributed by atoms with Crippen molar-refractivity contribution in [2.75, 3.05) is 7.11 Å². The van der Waals surface area contributed by atoms with Gasteiger partial charge in [0.2, 0.25) is 5.91 Å². The van der Waals surface area contributed by atoms with Crippen LogP contribution in [0, 0.1) is 0 Å². The fourth-order valence-corrected chi connectivity index (χ4v) is 3.32. The fraction of sp³-hybridized carbons (Fsp3) is 0.533. The SMILES string of the molecule is COc1ccc(Cl)cc1CS(=O)(=O)C(C)C(=O)NC(C)(C)C. The number of amides is 1. The summed E-state index contributed by atoms with van der Waals surface area (Å²) in [6.07, 6.45) is 0. The van der Waals surface area contributed by atoms with Gasteiger partial charge < -0.3 is 10.1 Å². The van der Waals surface area contributed by atoms with Gasteiger partial charge in [-0.3, -0.25) is 4.79 Å². The zero-order chi connectivity index (χ0) is 17.1. The fourth-order valence-electron chi connectivity index (χ4n) is 1.84. The second-order valence-electron chi connectivity index (χ2n) is 6.14. The molecule has 1 unspecified atom stereocenters. The number of halogens is 1. The van der Waals surface area contributed by atoms with Crippen LogP contribution in [0.1, 0.15) is 33.3 Å². The van der Waals surface area contributed by atoms with Gasteiger partial charge in [0.05, 0.1) is 12.9 Å². The van der Waals surface area contributed by atoms with E-state index in [1.54, 1.807) is 32.9 Å². The highest BCUT2D eigenvalue weighted by Crippen LogP contribution is 2.25. The van der Waals surface area contributed by atoms with Crippen LogP contribution in [-0.4, -0.2) is 32.2 Å². The minimum absolute atomic E-state index is 0.310. The normalized spacial score (nSPS) is 13.5. The van der Waals surface area contributed by atoms with E-state index in [1.165, 1.54) is 20.1 Å². The number of methoxy groups -OCH3 is 1. The van der Waals surface area contributed by atoms with Gasteiger partial charge in [-0.05, 0) is 45.9 Å². The first-order valence-corrected chi connectivity index (χ1v) is 8.91. The zero-order valence-electron chi connectivity index (χ0n) is 13.4. The van der Waals surface area contributed by atoms with E-state index >= 15 is 0 Å². The lowest BCUT2D eigenvalue weighted by Crippen LogP contribution is -2.47. The molecule has 22 heavy (non-hydrogen) atoms. The quantitative estimate of drug-likeness (QED) is 0.888. The predicted octanol–water partition coefficient (Wildman–Crippen LogP) is 2.57. The van der Waals surface area contributed by atoms with Crippen molar-refractivity contribution in [2.24, 2.45) is 0 Å². The van der Waals surface area contributed by atoms with Gasteiger partial charge in [0.1, 0.15) is 11.0 Å². The molecule has 124 valence electrons. The molecule has 1 rings (SSSR count). The number of carbonyl (C=O) groups is 1. The first kappa shape index (κ1) is 18.8. The van der Waals surface area contributed by atoms with Gasteiger partial charge in [-0.15, -0.1) is 0 Å². The molecule has 0 fully saturated rings. The van der Waals surface area contributed by atoms with Crippen LogP contribution in [0.25, 0.3) is 0 Å². The average molecular weight is 348 g/mol. The third-order valence-corrected chi connectivity index (χ3v) is 5.25. The Hall–Kier alpha value is -1.27. The van der Waals surface area contributed by atoms with Crippen molar-refractivity contribution < 1.29 is 17.9 Å². The third-order valence-electron chi connectivity index (χ3n) is 3.01. The summed E-state index contributed by atoms with van der Waals surface area (Å²) in [5, 5.41) is 1.93. The summed E-state index contributed by atoms with van der Waals surface area (Å²) in [4.78, 5) is 12.1. The number of hydrogen-bond donors (Lipinski definition) is 1. The molecule has 1 aromatic rings. The Balaban J connectivity index is 3.01. The second-order valence-corrected chi connectivity index (χ2v) is 8.90. The topological polar surface area (TPSA) is 72.5 Å². The van der Waals surface area contributed by atoms with Gasteiger partial charge in [0, 0.05) is 16.1 Å². The molecule has 0 spiro atoms. The Morgan fingerprint density at radius 3 is 2.45 bits per heavy atom. The summed E-state index contributed by atoms with van der Waals surface area (Å²) < 4.78 is 30.0. The van der Waals surface area contributed by atoms with Crippen LogP contribution in [0.3, 0.4) is 0 Å². The Kier molecular flexibility index (Phi) is 5.87. The van der Waals surface area contributed by atoms with Gasteiger partial charge in [0.25, 0.3) is 0 Å². The van der Waals surface area contributed by atoms with Crippen molar-refractivity contribution >= 4 is 27.3 Å². The van der Waals surface area contributed by atoms with E-state index in [0.717, 1.165) is 0 Å². The summed E-state index contributed by atoms with van der Waals surface area (Å²) in [5.41, 5.74) is -0.0559. The molecule has 1 N–H and O–H groups in total. The first-order chi connectivity index (χ1) is 9.96. The molecule has 0 radical (unpaired) electrons. The van der Waals surface area contributed by atoms with E-state index in [-0.39, 0.29) is 5.75 Å². The average Bonchev–Trinajstić information content (AvgIpc) is 2.35. The van der Waals surface area contributed by atoms with Crippen molar-refractivity contribution in [3.8, 4) is 5.75 Å². The molecule has 1 aromatic carbocycles. The second kappa shape index (κ2) is 6.87. The van der Waals surface area contributed by atoms with Gasteiger partial charge in [-0.1, -0.05) is 11.6 Å². The highest BCUT2D eigenvalue weighted by atomic mass is 35.5. The standard InChI is InChI=1S/C15H22ClNO4S/c1-10(14(18)17-15(2,3)4)22(19,20)9-11-8-12(16)6-7-13(11)21-5/h6-8,10H,9H2,1-5H3,(H,17,18). The molecule has 5 nitrogen and oxygen atoms in total. The van der Waals surface area contributed by atoms with E-state index in [2.05, 4.69) is 5.32 Å². The Bertz CT molecular complexity index is 650. The van der Waals surface area contributed by atoms with Gasteiger partial charge in [-0.2, -0.15) is 0 Å². The highest BCUT2D eigenvalue weighted by Gasteiger charge is 2.31. The number of hydrogen-bond acceptors (Lipinski definition) is 4. The molecule has 1 atom stereocenters. The lowest BCUT2D eigenvalue weighted by molar-refractivity contribution is -0.121. The highest BCUT2D eigenvalue weighted by molar-refractivity contribution is 7.92. The lowest BCUT2D eigenvalue weighted by atomic mass is 10.1. The molecule has 0 saturated carbocycles. The van der Waals surface area contributed by atoms with E-state index in [4.69, 9.17) is 16.3 Å². The van der Waals surface area contributed by atoms with Crippen LogP contribution >= 0.6 is 11.6 Å². The maximum atomic E-state index is 12.4. The van der Waals surface area contributed by atoms with E-state index in [1.807, 2.05) is 0 Å². The molecular weight excluding hydrogens is 326 g/mol. The van der Waals surface area contributed by atoms with Crippen LogP contribution in [0.4, 0.5) is 0 Å². The summed E-state index contributed by atoms with van der Waals surface area (Å²) in [7, 11) is -2.23. The van der Waals surface area contributed by atoms with Crippen LogP contribution in [-0.2, 0) is 20.4 Å². The van der Waals surface area contributed by atoms with Gasteiger partial charge in [0.15, 0.2) is 9.84 Å². The predicted molar refractivity (Wildman–Crippen MR) is 88.0 cm³/mol. The number of sulfone groups is 1. The molecule has 0 aliphatic rings. The van der Waals surface area contributed by atoms with E-state index < -0.39 is 26.5 Å². The number of benzene rings is 1. The molecular formula is C15H22ClNO4S. The number of ether oxygens (including phenoxy) is 1. The lowest BCUT2D eigenvalue weighted by Gasteiger charge is -2.23. The van der Waals surface area contributed by atoms with Crippen molar-refractivity contribution in [3.63, 3.8) is 0 Å². The minimum atomic E-state index is -3.68. The van der Waals surface area contributed by atoms with E-state index in [0.29, 0.717) is 16.3 Å². The van der Waals surface area contributed by atoms with Gasteiger partial charge >= 0.3 is 0 Å². The summed E-state index contributed by atoms with van der Waals surface area (Å²) in [6, 6.07) is 4.76. The molecule has 0 aromatic heterocycles. The molecule has 0 saturated heterocycles. The van der Waals surface area contributed by atoms with E-state index in [9.17, 15) is 13.2 Å². The van der Waals surface area contributed by atoms with Gasteiger partial charge in [-0.25, -0.2) is 8.42 Å². The van der Waals surface area contributed by atoms with Crippen LogP contribution in [0.5, 0.6) is 5.75 Å². The monoisotopic (exact) mass is 347 g/mol. The Morgan fingerprint density at radius 2 is 1.95 bits per heavy atom. The van der Waals surface area contributed by atoms with Crippen molar-refractivity contribution in [3.05, 3.63) is 28.8 Å². The van der Waals surface area contributed by atoms with Crippen molar-refractivity contribution in [1.82, 2.24) is 5.32 Å². The third kappa shape index (κ3) is 5.18. The van der Waals surface area contributed by atoms with Crippen molar-refractivity contribution in [2.45, 2.75) is 44.2 Å². The summed E-state index contributed by atoms with van der Waals surface area (Å²) in [6.45, 7) is 6.77. The number of nitrogens with one attached hydrogen (secondary N) is 1. The largest absolute Gasteiger partial charge is 0.496 e. The molecule has 0 aliphatic carbocycles. The van der Waals surface area contributed by atoms with Crippen LogP contribution < -0.4 is 10.1 Å². The molecule has 7 heteroatoms. The van der Waals surface area contributed by atoms with Crippen molar-refractivity contribution in [1.29, 1.82) is 0 Å². The van der Waals surface area contributed by atoms with Crippen LogP contribution in [0.2, 0.25) is 5.02 Å². The molecule has 0 heterocycles. The number of carbonyl (C=O) groups excluding carboxylic acids is 1. The first-order valence-electron chi connectivity index (χ1n) is 6.82. The Morgan fingerprint density at radius 1 is 1.36 bits per heavy atom. The Labute approximate surface area is 136 Å². The minimum Gasteiger partial charge on any atom is -0.496 e. The maximum absolute atomic E-state index is 12.4.